The highest BCUT2D eigenvalue weighted by molar-refractivity contribution is 5.75. The summed E-state index contributed by atoms with van der Waals surface area (Å²) in [6.45, 7) is 0. The molecule has 2 saturated heterocycles. The summed E-state index contributed by atoms with van der Waals surface area (Å²) >= 11 is 0. The molecule has 21 heavy (non-hydrogen) atoms. The Morgan fingerprint density at radius 3 is 2.62 bits per heavy atom. The molecule has 4 heteroatoms. The zero-order valence-electron chi connectivity index (χ0n) is 12.6. The Morgan fingerprint density at radius 1 is 1.05 bits per heavy atom. The summed E-state index contributed by atoms with van der Waals surface area (Å²) in [5.41, 5.74) is -0.491. The third-order valence-corrected chi connectivity index (χ3v) is 6.27. The molecule has 0 aromatic heterocycles. The number of hydrogen-bond donors (Lipinski definition) is 1. The van der Waals surface area contributed by atoms with Gasteiger partial charge in [0.25, 0.3) is 0 Å². The molecule has 0 radical (unpaired) electrons. The number of ether oxygens (including phenoxy) is 2. The van der Waals surface area contributed by atoms with E-state index in [4.69, 9.17) is 9.47 Å². The Balaban J connectivity index is 1.22. The average Bonchev–Trinajstić information content (AvgIpc) is 3.36. The van der Waals surface area contributed by atoms with Crippen LogP contribution in [0, 0.1) is 11.3 Å². The van der Waals surface area contributed by atoms with Gasteiger partial charge in [-0.05, 0) is 50.9 Å². The summed E-state index contributed by atoms with van der Waals surface area (Å²) in [4.78, 5) is 11.7. The van der Waals surface area contributed by atoms with E-state index in [9.17, 15) is 9.90 Å². The molecule has 4 rings (SSSR count). The van der Waals surface area contributed by atoms with E-state index >= 15 is 0 Å². The maximum atomic E-state index is 11.7. The van der Waals surface area contributed by atoms with Crippen molar-refractivity contribution in [1.82, 2.24) is 0 Å². The first-order chi connectivity index (χ1) is 10.2. The number of unbranched alkanes of at least 4 members (excludes halogenated alkanes) is 1. The highest BCUT2D eigenvalue weighted by Gasteiger charge is 2.53. The number of aliphatic carboxylic acids is 1. The third-order valence-electron chi connectivity index (χ3n) is 6.27. The molecule has 2 heterocycles. The molecular weight excluding hydrogens is 268 g/mol. The maximum absolute atomic E-state index is 11.7. The smallest absolute Gasteiger partial charge is 0.309 e. The molecule has 4 nitrogen and oxygen atoms in total. The van der Waals surface area contributed by atoms with Crippen LogP contribution in [0.15, 0.2) is 0 Å². The van der Waals surface area contributed by atoms with Crippen LogP contribution in [0.5, 0.6) is 0 Å². The molecule has 6 atom stereocenters. The molecule has 0 aromatic rings. The number of hydrogen-bond acceptors (Lipinski definition) is 3. The van der Waals surface area contributed by atoms with Crippen molar-refractivity contribution in [3.63, 3.8) is 0 Å². The average molecular weight is 294 g/mol. The van der Waals surface area contributed by atoms with Crippen molar-refractivity contribution >= 4 is 5.97 Å². The van der Waals surface area contributed by atoms with Crippen molar-refractivity contribution in [2.45, 2.75) is 88.6 Å². The van der Waals surface area contributed by atoms with Crippen molar-refractivity contribution in [2.24, 2.45) is 11.3 Å². The van der Waals surface area contributed by atoms with Crippen LogP contribution in [-0.4, -0.2) is 35.5 Å². The SMILES string of the molecule is O=C(O)C1(CCCCC2CCC3OC3C2)CCC2OC2C1. The lowest BCUT2D eigenvalue weighted by atomic mass is 9.70. The first kappa shape index (κ1) is 14.0. The van der Waals surface area contributed by atoms with Gasteiger partial charge in [-0.3, -0.25) is 4.79 Å². The lowest BCUT2D eigenvalue weighted by Crippen LogP contribution is -2.36. The number of epoxide rings is 2. The molecule has 6 unspecified atom stereocenters. The van der Waals surface area contributed by atoms with Crippen LogP contribution in [0.4, 0.5) is 0 Å². The van der Waals surface area contributed by atoms with Gasteiger partial charge in [0.2, 0.25) is 0 Å². The van der Waals surface area contributed by atoms with E-state index in [2.05, 4.69) is 0 Å². The van der Waals surface area contributed by atoms with Gasteiger partial charge in [0, 0.05) is 0 Å². The minimum atomic E-state index is -0.594. The monoisotopic (exact) mass is 294 g/mol. The zero-order chi connectivity index (χ0) is 14.4. The first-order valence-corrected chi connectivity index (χ1v) is 8.71. The number of carboxylic acids is 1. The topological polar surface area (TPSA) is 62.4 Å². The van der Waals surface area contributed by atoms with E-state index in [0.29, 0.717) is 18.3 Å². The van der Waals surface area contributed by atoms with Gasteiger partial charge in [0.1, 0.15) is 0 Å². The van der Waals surface area contributed by atoms with Gasteiger partial charge in [-0.1, -0.05) is 19.3 Å². The highest BCUT2D eigenvalue weighted by atomic mass is 16.6. The van der Waals surface area contributed by atoms with Crippen LogP contribution >= 0.6 is 0 Å². The molecule has 118 valence electrons. The lowest BCUT2D eigenvalue weighted by molar-refractivity contribution is -0.151. The maximum Gasteiger partial charge on any atom is 0.309 e. The van der Waals surface area contributed by atoms with Gasteiger partial charge >= 0.3 is 5.97 Å². The Bertz CT molecular complexity index is 423. The Labute approximate surface area is 126 Å². The molecule has 0 spiro atoms. The second-order valence-electron chi connectivity index (χ2n) is 7.68. The lowest BCUT2D eigenvalue weighted by Gasteiger charge is -2.31. The van der Waals surface area contributed by atoms with E-state index in [1.807, 2.05) is 0 Å². The first-order valence-electron chi connectivity index (χ1n) is 8.71. The summed E-state index contributed by atoms with van der Waals surface area (Å²) in [5, 5.41) is 9.64. The number of rotatable bonds is 6. The molecule has 1 N–H and O–H groups in total. The molecule has 0 aromatic carbocycles. The highest BCUT2D eigenvalue weighted by Crippen LogP contribution is 2.49. The molecule has 4 fully saturated rings. The van der Waals surface area contributed by atoms with E-state index in [1.165, 1.54) is 32.1 Å². The quantitative estimate of drug-likeness (QED) is 0.604. The molecule has 2 aliphatic heterocycles. The van der Waals surface area contributed by atoms with Crippen LogP contribution < -0.4 is 0 Å². The predicted molar refractivity (Wildman–Crippen MR) is 77.1 cm³/mol. The van der Waals surface area contributed by atoms with Gasteiger partial charge in [-0.15, -0.1) is 0 Å². The van der Waals surface area contributed by atoms with Crippen molar-refractivity contribution in [3.8, 4) is 0 Å². The Morgan fingerprint density at radius 2 is 1.86 bits per heavy atom. The van der Waals surface area contributed by atoms with Gasteiger partial charge in [-0.25, -0.2) is 0 Å². The van der Waals surface area contributed by atoms with Crippen LogP contribution in [-0.2, 0) is 14.3 Å². The van der Waals surface area contributed by atoms with Gasteiger partial charge in [0.05, 0.1) is 29.8 Å². The number of fused-ring (bicyclic) bond motifs is 2. The Kier molecular flexibility index (Phi) is 3.49. The minimum Gasteiger partial charge on any atom is -0.481 e. The fourth-order valence-corrected chi connectivity index (χ4v) is 4.69. The van der Waals surface area contributed by atoms with Crippen LogP contribution in [0.3, 0.4) is 0 Å². The number of carbonyl (C=O) groups is 1. The Hall–Kier alpha value is -0.610. The zero-order valence-corrected chi connectivity index (χ0v) is 12.6. The summed E-state index contributed by atoms with van der Waals surface area (Å²) < 4.78 is 11.1. The van der Waals surface area contributed by atoms with Gasteiger partial charge in [0.15, 0.2) is 0 Å². The predicted octanol–water partition coefficient (Wildman–Crippen LogP) is 3.14. The molecule has 0 amide bonds. The molecule has 0 bridgehead atoms. The van der Waals surface area contributed by atoms with Crippen molar-refractivity contribution < 1.29 is 19.4 Å². The van der Waals surface area contributed by atoms with Gasteiger partial charge in [-0.2, -0.15) is 0 Å². The molecule has 4 aliphatic rings. The second kappa shape index (κ2) is 5.24. The van der Waals surface area contributed by atoms with Crippen LogP contribution in [0.25, 0.3) is 0 Å². The summed E-state index contributed by atoms with van der Waals surface area (Å²) in [6.07, 6.45) is 12.4. The fraction of sp³-hybridized carbons (Fsp3) is 0.941. The van der Waals surface area contributed by atoms with E-state index in [1.54, 1.807) is 0 Å². The third kappa shape index (κ3) is 2.85. The van der Waals surface area contributed by atoms with Gasteiger partial charge < -0.3 is 14.6 Å². The van der Waals surface area contributed by atoms with Crippen molar-refractivity contribution in [2.75, 3.05) is 0 Å². The largest absolute Gasteiger partial charge is 0.481 e. The van der Waals surface area contributed by atoms with Crippen LogP contribution in [0.2, 0.25) is 0 Å². The second-order valence-corrected chi connectivity index (χ2v) is 7.68. The summed E-state index contributed by atoms with van der Waals surface area (Å²) in [7, 11) is 0. The van der Waals surface area contributed by atoms with E-state index in [-0.39, 0.29) is 6.10 Å². The molecule has 2 saturated carbocycles. The van der Waals surface area contributed by atoms with E-state index in [0.717, 1.165) is 38.0 Å². The van der Waals surface area contributed by atoms with E-state index < -0.39 is 11.4 Å². The van der Waals surface area contributed by atoms with Crippen molar-refractivity contribution in [3.05, 3.63) is 0 Å². The molecule has 2 aliphatic carbocycles. The molecular formula is C17H26O4. The fourth-order valence-electron chi connectivity index (χ4n) is 4.69. The van der Waals surface area contributed by atoms with Crippen LogP contribution in [0.1, 0.15) is 64.2 Å². The summed E-state index contributed by atoms with van der Waals surface area (Å²) in [6, 6.07) is 0. The normalized spacial score (nSPS) is 47.3. The standard InChI is InChI=1S/C17H26O4/c18-16(19)17(8-6-13-15(10-17)21-13)7-2-1-3-11-4-5-12-14(9-11)20-12/h11-15H,1-10H2,(H,18,19). The van der Waals surface area contributed by atoms with Crippen molar-refractivity contribution in [1.29, 1.82) is 0 Å². The number of carboxylic acid groups (broad SMARTS) is 1. The minimum absolute atomic E-state index is 0.247. The summed E-state index contributed by atoms with van der Waals surface area (Å²) in [5.74, 6) is 0.223.